The summed E-state index contributed by atoms with van der Waals surface area (Å²) in [6.45, 7) is 4.68. The van der Waals surface area contributed by atoms with E-state index in [0.29, 0.717) is 16.0 Å². The van der Waals surface area contributed by atoms with Gasteiger partial charge in [-0.1, -0.05) is 30.0 Å². The zero-order valence-corrected chi connectivity index (χ0v) is 23.2. The Morgan fingerprint density at radius 3 is 2.53 bits per heavy atom. The van der Waals surface area contributed by atoms with E-state index in [-0.39, 0.29) is 22.1 Å². The van der Waals surface area contributed by atoms with E-state index >= 15 is 0 Å². The molecule has 202 valence electrons. The minimum Gasteiger partial charge on any atom is -0.460 e. The predicted octanol–water partition coefficient (Wildman–Crippen LogP) is 3.99. The molecule has 0 unspecified atom stereocenters. The maximum Gasteiger partial charge on any atom is 0.306 e. The van der Waals surface area contributed by atoms with E-state index in [1.807, 2.05) is 0 Å². The number of halogens is 2. The second-order valence-electron chi connectivity index (χ2n) is 9.28. The van der Waals surface area contributed by atoms with Crippen LogP contribution in [0.4, 0.5) is 8.78 Å². The van der Waals surface area contributed by atoms with Gasteiger partial charge in [-0.3, -0.25) is 24.1 Å². The number of hydrogen-bond donors (Lipinski definition) is 2. The summed E-state index contributed by atoms with van der Waals surface area (Å²) in [5.41, 5.74) is 5.81. The van der Waals surface area contributed by atoms with Gasteiger partial charge in [0.25, 0.3) is 5.91 Å². The highest BCUT2D eigenvalue weighted by Crippen LogP contribution is 2.35. The third-order valence-electron chi connectivity index (χ3n) is 5.06. The fraction of sp³-hybridized carbons (Fsp3) is 0.320. The summed E-state index contributed by atoms with van der Waals surface area (Å²) in [7, 11) is 0. The largest absolute Gasteiger partial charge is 0.460 e. The van der Waals surface area contributed by atoms with Gasteiger partial charge in [-0.25, -0.2) is 8.78 Å². The van der Waals surface area contributed by atoms with Crippen LogP contribution >= 0.6 is 35.3 Å². The lowest BCUT2D eigenvalue weighted by molar-refractivity contribution is -0.155. The van der Waals surface area contributed by atoms with Crippen LogP contribution in [-0.4, -0.2) is 51.1 Å². The monoisotopic (exact) mass is 581 g/mol. The van der Waals surface area contributed by atoms with Crippen LogP contribution in [0.1, 0.15) is 38.5 Å². The molecule has 0 radical (unpaired) electrons. The highest BCUT2D eigenvalue weighted by molar-refractivity contribution is 8.26. The van der Waals surface area contributed by atoms with E-state index in [0.717, 1.165) is 28.8 Å². The Kier molecular flexibility index (Phi) is 9.39. The van der Waals surface area contributed by atoms with Gasteiger partial charge in [0.15, 0.2) is 11.6 Å². The van der Waals surface area contributed by atoms with Gasteiger partial charge in [-0.05, 0) is 68.0 Å². The fourth-order valence-electron chi connectivity index (χ4n) is 3.34. The van der Waals surface area contributed by atoms with Crippen LogP contribution < -0.4 is 11.1 Å². The van der Waals surface area contributed by atoms with Gasteiger partial charge < -0.3 is 15.8 Å². The summed E-state index contributed by atoms with van der Waals surface area (Å²) in [5, 5.41) is 4.18. The van der Waals surface area contributed by atoms with Gasteiger partial charge in [0, 0.05) is 11.3 Å². The van der Waals surface area contributed by atoms with E-state index in [4.69, 9.17) is 22.7 Å². The number of nitrogens with two attached hydrogens (primary N) is 1. The maximum atomic E-state index is 13.6. The van der Waals surface area contributed by atoms with Crippen LogP contribution in [0, 0.1) is 11.6 Å². The number of rotatable bonds is 9. The van der Waals surface area contributed by atoms with Crippen molar-refractivity contribution in [1.29, 1.82) is 0 Å². The zero-order valence-electron chi connectivity index (χ0n) is 20.7. The summed E-state index contributed by atoms with van der Waals surface area (Å²) < 4.78 is 32.1. The molecule has 13 heteroatoms. The fourth-order valence-corrected chi connectivity index (χ4v) is 5.51. The van der Waals surface area contributed by atoms with Crippen molar-refractivity contribution in [3.05, 3.63) is 51.1 Å². The molecular weight excluding hydrogens is 556 g/mol. The van der Waals surface area contributed by atoms with Gasteiger partial charge in [-0.15, -0.1) is 11.3 Å². The van der Waals surface area contributed by atoms with Gasteiger partial charge in [0.2, 0.25) is 11.8 Å². The molecule has 3 N–H and O–H groups in total. The standard InChI is InChI=1S/C25H25F2N3O5S3/c1-25(2,3)35-21(32)7-6-18(22(28)33)29-20(31)11-30-23(34)19(38-24(30)36)10-15-8-14(12-37-15)13-4-5-16(26)17(27)9-13/h4-5,8-10,12,18H,6-7,11H2,1-3H3,(H2,28,33)(H,29,31)/t18-/m0/s1. The van der Waals surface area contributed by atoms with E-state index in [9.17, 15) is 28.0 Å². The molecule has 1 aromatic carbocycles. The third-order valence-corrected chi connectivity index (χ3v) is 7.31. The highest BCUT2D eigenvalue weighted by Gasteiger charge is 2.34. The van der Waals surface area contributed by atoms with Crippen molar-refractivity contribution in [3.63, 3.8) is 0 Å². The molecule has 2 aromatic rings. The molecule has 2 heterocycles. The van der Waals surface area contributed by atoms with Crippen LogP contribution in [0.3, 0.4) is 0 Å². The molecule has 3 amide bonds. The van der Waals surface area contributed by atoms with Crippen LogP contribution in [0.25, 0.3) is 17.2 Å². The first-order valence-electron chi connectivity index (χ1n) is 11.3. The Labute approximate surface area is 231 Å². The SMILES string of the molecule is CC(C)(C)OC(=O)CC[C@H](NC(=O)CN1C(=O)C(=Cc2cc(-c3ccc(F)c(F)c3)cs2)SC1=S)C(N)=O. The minimum absolute atomic E-state index is 0.0626. The van der Waals surface area contributed by atoms with Gasteiger partial charge in [-0.2, -0.15) is 0 Å². The molecule has 3 rings (SSSR count). The molecule has 0 aliphatic carbocycles. The Morgan fingerprint density at radius 1 is 1.18 bits per heavy atom. The van der Waals surface area contributed by atoms with Crippen molar-refractivity contribution in [3.8, 4) is 11.1 Å². The Bertz CT molecular complexity index is 1320. The van der Waals surface area contributed by atoms with E-state index < -0.39 is 53.5 Å². The van der Waals surface area contributed by atoms with E-state index in [1.54, 1.807) is 38.3 Å². The summed E-state index contributed by atoms with van der Waals surface area (Å²) >= 11 is 7.56. The molecule has 0 bridgehead atoms. The molecule has 38 heavy (non-hydrogen) atoms. The average molecular weight is 582 g/mol. The Balaban J connectivity index is 1.62. The van der Waals surface area contributed by atoms with Crippen molar-refractivity contribution in [2.45, 2.75) is 45.3 Å². The second-order valence-corrected chi connectivity index (χ2v) is 11.9. The number of amides is 3. The van der Waals surface area contributed by atoms with Crippen molar-refractivity contribution in [2.75, 3.05) is 6.54 Å². The summed E-state index contributed by atoms with van der Waals surface area (Å²) in [5.74, 6) is -4.45. The number of esters is 1. The first kappa shape index (κ1) is 29.4. The van der Waals surface area contributed by atoms with Crippen molar-refractivity contribution in [2.24, 2.45) is 5.73 Å². The van der Waals surface area contributed by atoms with E-state index in [1.165, 1.54) is 17.4 Å². The molecule has 1 aliphatic heterocycles. The minimum atomic E-state index is -1.13. The zero-order chi connectivity index (χ0) is 28.2. The smallest absolute Gasteiger partial charge is 0.306 e. The molecule has 0 spiro atoms. The van der Waals surface area contributed by atoms with Crippen molar-refractivity contribution in [1.82, 2.24) is 10.2 Å². The number of primary amides is 1. The molecule has 1 saturated heterocycles. The number of hydrogen-bond acceptors (Lipinski definition) is 8. The Morgan fingerprint density at radius 2 is 1.89 bits per heavy atom. The lowest BCUT2D eigenvalue weighted by Crippen LogP contribution is -2.48. The van der Waals surface area contributed by atoms with E-state index in [2.05, 4.69) is 5.32 Å². The first-order valence-corrected chi connectivity index (χ1v) is 13.4. The first-order chi connectivity index (χ1) is 17.7. The quantitative estimate of drug-likeness (QED) is 0.261. The molecule has 8 nitrogen and oxygen atoms in total. The van der Waals surface area contributed by atoms with Crippen LogP contribution in [0.15, 0.2) is 34.6 Å². The second kappa shape index (κ2) is 12.1. The normalized spacial score (nSPS) is 15.6. The number of carbonyl (C=O) groups excluding carboxylic acids is 4. The Hall–Kier alpha value is -3.16. The molecule has 1 aromatic heterocycles. The number of benzene rings is 1. The molecule has 0 saturated carbocycles. The molecule has 1 atom stereocenters. The summed E-state index contributed by atoms with van der Waals surface area (Å²) in [6, 6.07) is 4.17. The van der Waals surface area contributed by atoms with Crippen molar-refractivity contribution < 1.29 is 32.7 Å². The number of nitrogens with one attached hydrogen (secondary N) is 1. The topological polar surface area (TPSA) is 119 Å². The highest BCUT2D eigenvalue weighted by atomic mass is 32.2. The summed E-state index contributed by atoms with van der Waals surface area (Å²) in [6.07, 6.45) is 1.40. The van der Waals surface area contributed by atoms with Gasteiger partial charge >= 0.3 is 5.97 Å². The molecule has 1 aliphatic rings. The number of thiophene rings is 1. The van der Waals surface area contributed by atoms with Crippen LogP contribution in [-0.2, 0) is 23.9 Å². The predicted molar refractivity (Wildman–Crippen MR) is 146 cm³/mol. The average Bonchev–Trinajstić information content (AvgIpc) is 3.37. The number of thiocarbonyl (C=S) groups is 1. The summed E-state index contributed by atoms with van der Waals surface area (Å²) in [4.78, 5) is 51.3. The number of carbonyl (C=O) groups is 4. The maximum absolute atomic E-state index is 13.6. The lowest BCUT2D eigenvalue weighted by Gasteiger charge is -2.21. The van der Waals surface area contributed by atoms with Crippen molar-refractivity contribution >= 4 is 69.4 Å². The number of nitrogens with zero attached hydrogens (tertiary/aromatic N) is 1. The lowest BCUT2D eigenvalue weighted by atomic mass is 10.1. The molecule has 1 fully saturated rings. The molecular formula is C25H25F2N3O5S3. The van der Waals surface area contributed by atoms with Crippen LogP contribution in [0.2, 0.25) is 0 Å². The third kappa shape index (κ3) is 7.92. The number of thioether (sulfide) groups is 1. The van der Waals surface area contributed by atoms with Gasteiger partial charge in [0.05, 0.1) is 4.91 Å². The van der Waals surface area contributed by atoms with Crippen LogP contribution in [0.5, 0.6) is 0 Å². The van der Waals surface area contributed by atoms with Gasteiger partial charge in [0.1, 0.15) is 22.5 Å². The number of ether oxygens (including phenoxy) is 1.